The Bertz CT molecular complexity index is 877. The van der Waals surface area contributed by atoms with Gasteiger partial charge in [-0.15, -0.1) is 0 Å². The van der Waals surface area contributed by atoms with Crippen molar-refractivity contribution in [3.05, 3.63) is 53.0 Å². The summed E-state index contributed by atoms with van der Waals surface area (Å²) in [5.74, 6) is 0.0793. The fourth-order valence-corrected chi connectivity index (χ4v) is 3.73. The second-order valence-corrected chi connectivity index (χ2v) is 6.82. The number of hydrogen-bond donors (Lipinski definition) is 3. The van der Waals surface area contributed by atoms with Crippen molar-refractivity contribution in [1.29, 1.82) is 0 Å². The van der Waals surface area contributed by atoms with E-state index in [0.717, 1.165) is 30.5 Å². The molecule has 4 rings (SSSR count). The van der Waals surface area contributed by atoms with Crippen molar-refractivity contribution in [2.24, 2.45) is 0 Å². The fraction of sp³-hybridized carbons (Fsp3) is 0.400. The number of fused-ring (bicyclic) bond motifs is 2. The van der Waals surface area contributed by atoms with E-state index in [1.807, 2.05) is 18.3 Å². The van der Waals surface area contributed by atoms with E-state index < -0.39 is 0 Å². The Morgan fingerprint density at radius 3 is 3.00 bits per heavy atom. The van der Waals surface area contributed by atoms with E-state index in [1.54, 1.807) is 0 Å². The Labute approximate surface area is 147 Å². The molecule has 1 aliphatic rings. The van der Waals surface area contributed by atoms with Crippen LogP contribution < -0.4 is 5.32 Å². The van der Waals surface area contributed by atoms with E-state index in [-0.39, 0.29) is 5.91 Å². The van der Waals surface area contributed by atoms with E-state index >= 15 is 0 Å². The van der Waals surface area contributed by atoms with Gasteiger partial charge in [-0.2, -0.15) is 5.10 Å². The van der Waals surface area contributed by atoms with Crippen molar-refractivity contribution in [3.8, 4) is 0 Å². The minimum absolute atomic E-state index is 0.0793. The molecule has 25 heavy (non-hydrogen) atoms. The number of nitrogens with zero attached hydrogens (tertiary/aromatic N) is 1. The molecule has 2 heterocycles. The molecule has 0 spiro atoms. The molecule has 2 aromatic heterocycles. The number of H-pyrrole nitrogens is 2. The molecule has 3 N–H and O–H groups in total. The van der Waals surface area contributed by atoms with Crippen LogP contribution >= 0.6 is 0 Å². The molecular formula is C20H24N4O. The number of carbonyl (C=O) groups is 1. The number of hydrogen-bond acceptors (Lipinski definition) is 2. The zero-order chi connectivity index (χ0) is 17.1. The van der Waals surface area contributed by atoms with Crippen LogP contribution in [0.5, 0.6) is 0 Å². The molecule has 5 nitrogen and oxygen atoms in total. The highest BCUT2D eigenvalue weighted by atomic mass is 16.1. The molecule has 1 amide bonds. The topological polar surface area (TPSA) is 73.6 Å². The molecular weight excluding hydrogens is 312 g/mol. The number of benzene rings is 1. The van der Waals surface area contributed by atoms with Gasteiger partial charge in [0.2, 0.25) is 5.91 Å². The summed E-state index contributed by atoms with van der Waals surface area (Å²) in [4.78, 5) is 15.5. The second kappa shape index (κ2) is 7.13. The minimum atomic E-state index is 0.0793. The molecule has 3 aromatic rings. The Balaban J connectivity index is 1.33. The third-order valence-electron chi connectivity index (χ3n) is 5.14. The summed E-state index contributed by atoms with van der Waals surface area (Å²) in [6.45, 7) is 0.526. The van der Waals surface area contributed by atoms with Gasteiger partial charge in [0.15, 0.2) is 0 Å². The van der Waals surface area contributed by atoms with Crippen LogP contribution in [0, 0.1) is 0 Å². The summed E-state index contributed by atoms with van der Waals surface area (Å²) in [6, 6.07) is 8.20. The SMILES string of the molecule is O=C(CCc1c[nH]c2ccccc12)NCc1n[nH]c2c1CCCCC2. The van der Waals surface area contributed by atoms with Crippen molar-refractivity contribution >= 4 is 16.8 Å². The third kappa shape index (κ3) is 3.45. The number of aromatic nitrogens is 3. The smallest absolute Gasteiger partial charge is 0.220 e. The molecule has 0 atom stereocenters. The Kier molecular flexibility index (Phi) is 4.55. The molecule has 0 bridgehead atoms. The first-order valence-corrected chi connectivity index (χ1v) is 9.18. The number of amides is 1. The largest absolute Gasteiger partial charge is 0.361 e. The van der Waals surface area contributed by atoms with Gasteiger partial charge in [-0.25, -0.2) is 0 Å². The van der Waals surface area contributed by atoms with Gasteiger partial charge in [-0.05, 0) is 49.3 Å². The molecule has 5 heteroatoms. The lowest BCUT2D eigenvalue weighted by Gasteiger charge is -2.05. The molecule has 0 radical (unpaired) electrons. The predicted octanol–water partition coefficient (Wildman–Crippen LogP) is 3.41. The highest BCUT2D eigenvalue weighted by molar-refractivity contribution is 5.84. The van der Waals surface area contributed by atoms with E-state index in [1.165, 1.54) is 41.5 Å². The highest BCUT2D eigenvalue weighted by Crippen LogP contribution is 2.22. The second-order valence-electron chi connectivity index (χ2n) is 6.82. The Hall–Kier alpha value is -2.56. The zero-order valence-electron chi connectivity index (χ0n) is 14.4. The summed E-state index contributed by atoms with van der Waals surface area (Å²) in [7, 11) is 0. The molecule has 0 saturated carbocycles. The van der Waals surface area contributed by atoms with Crippen LogP contribution in [0.4, 0.5) is 0 Å². The first kappa shape index (κ1) is 15.9. The van der Waals surface area contributed by atoms with Gasteiger partial charge >= 0.3 is 0 Å². The summed E-state index contributed by atoms with van der Waals surface area (Å²) in [5, 5.41) is 11.8. The summed E-state index contributed by atoms with van der Waals surface area (Å²) in [5.41, 5.74) is 5.92. The molecule has 0 saturated heterocycles. The number of para-hydroxylation sites is 1. The minimum Gasteiger partial charge on any atom is -0.361 e. The van der Waals surface area contributed by atoms with Gasteiger partial charge in [0.05, 0.1) is 12.2 Å². The zero-order valence-corrected chi connectivity index (χ0v) is 14.4. The Morgan fingerprint density at radius 1 is 1.16 bits per heavy atom. The Morgan fingerprint density at radius 2 is 2.04 bits per heavy atom. The number of aryl methyl sites for hydroxylation is 2. The van der Waals surface area contributed by atoms with Crippen LogP contribution in [-0.4, -0.2) is 21.1 Å². The molecule has 0 fully saturated rings. The van der Waals surface area contributed by atoms with Gasteiger partial charge in [-0.3, -0.25) is 9.89 Å². The van der Waals surface area contributed by atoms with Gasteiger partial charge in [0, 0.05) is 29.2 Å². The normalized spacial score (nSPS) is 14.2. The number of aromatic amines is 2. The lowest BCUT2D eigenvalue weighted by molar-refractivity contribution is -0.121. The van der Waals surface area contributed by atoms with Crippen molar-refractivity contribution in [3.63, 3.8) is 0 Å². The van der Waals surface area contributed by atoms with Crippen LogP contribution in [0.3, 0.4) is 0 Å². The maximum absolute atomic E-state index is 12.2. The lowest BCUT2D eigenvalue weighted by atomic mass is 10.1. The summed E-state index contributed by atoms with van der Waals surface area (Å²) < 4.78 is 0. The van der Waals surface area contributed by atoms with Crippen molar-refractivity contribution in [2.75, 3.05) is 0 Å². The van der Waals surface area contributed by atoms with Crippen LogP contribution in [0.2, 0.25) is 0 Å². The number of carbonyl (C=O) groups excluding carboxylic acids is 1. The van der Waals surface area contributed by atoms with Gasteiger partial charge in [0.25, 0.3) is 0 Å². The first-order valence-electron chi connectivity index (χ1n) is 9.18. The summed E-state index contributed by atoms with van der Waals surface area (Å²) in [6.07, 6.45) is 9.12. The summed E-state index contributed by atoms with van der Waals surface area (Å²) >= 11 is 0. The lowest BCUT2D eigenvalue weighted by Crippen LogP contribution is -2.23. The quantitative estimate of drug-likeness (QED) is 0.625. The average molecular weight is 336 g/mol. The van der Waals surface area contributed by atoms with Crippen LogP contribution in [-0.2, 0) is 30.6 Å². The predicted molar refractivity (Wildman–Crippen MR) is 98.3 cm³/mol. The van der Waals surface area contributed by atoms with E-state index in [0.29, 0.717) is 13.0 Å². The number of nitrogens with one attached hydrogen (secondary N) is 3. The van der Waals surface area contributed by atoms with Gasteiger partial charge in [-0.1, -0.05) is 24.6 Å². The fourth-order valence-electron chi connectivity index (χ4n) is 3.73. The molecule has 0 aliphatic heterocycles. The molecule has 130 valence electrons. The van der Waals surface area contributed by atoms with Gasteiger partial charge < -0.3 is 10.3 Å². The standard InChI is InChI=1S/C20H24N4O/c25-20(11-10-14-12-21-17-8-5-4-6-15(14)17)22-13-19-16-7-2-1-3-9-18(16)23-24-19/h4-6,8,12,21H,1-3,7,9-11,13H2,(H,22,25)(H,23,24). The van der Waals surface area contributed by atoms with Crippen LogP contribution in [0.15, 0.2) is 30.5 Å². The number of rotatable bonds is 5. The monoisotopic (exact) mass is 336 g/mol. The van der Waals surface area contributed by atoms with E-state index in [9.17, 15) is 4.79 Å². The maximum atomic E-state index is 12.2. The first-order chi connectivity index (χ1) is 12.3. The van der Waals surface area contributed by atoms with E-state index in [4.69, 9.17) is 0 Å². The third-order valence-corrected chi connectivity index (χ3v) is 5.14. The van der Waals surface area contributed by atoms with Crippen LogP contribution in [0.25, 0.3) is 10.9 Å². The molecule has 1 aliphatic carbocycles. The van der Waals surface area contributed by atoms with Gasteiger partial charge in [0.1, 0.15) is 0 Å². The molecule has 1 aromatic carbocycles. The average Bonchev–Trinajstić information content (AvgIpc) is 3.14. The highest BCUT2D eigenvalue weighted by Gasteiger charge is 2.16. The van der Waals surface area contributed by atoms with Crippen molar-refractivity contribution in [1.82, 2.24) is 20.5 Å². The molecule has 0 unspecified atom stereocenters. The van der Waals surface area contributed by atoms with Crippen molar-refractivity contribution in [2.45, 2.75) is 51.5 Å². The van der Waals surface area contributed by atoms with Crippen molar-refractivity contribution < 1.29 is 4.79 Å². The maximum Gasteiger partial charge on any atom is 0.220 e. The van der Waals surface area contributed by atoms with Crippen LogP contribution in [0.1, 0.15) is 48.2 Å². The van der Waals surface area contributed by atoms with E-state index in [2.05, 4.69) is 32.6 Å².